The Kier molecular flexibility index (Phi) is 3.87. The lowest BCUT2D eigenvalue weighted by atomic mass is 9.87. The maximum Gasteiger partial charge on any atom is 0.0641 e. The standard InChI is InChI=1S/C14H25N3/c1-10-5-7-13(8-6-10)15-11(2)14-9-17(4)16-12(14)3/h9-11,13,15H,5-8H2,1-4H3. The lowest BCUT2D eigenvalue weighted by Gasteiger charge is -2.29. The molecule has 3 heteroatoms. The van der Waals surface area contributed by atoms with Gasteiger partial charge >= 0.3 is 0 Å². The summed E-state index contributed by atoms with van der Waals surface area (Å²) in [5.41, 5.74) is 2.49. The van der Waals surface area contributed by atoms with Gasteiger partial charge in [0.25, 0.3) is 0 Å². The van der Waals surface area contributed by atoms with Crippen LogP contribution >= 0.6 is 0 Å². The SMILES string of the molecule is Cc1nn(C)cc1C(C)NC1CCC(C)CC1. The normalized spacial score (nSPS) is 27.1. The predicted molar refractivity (Wildman–Crippen MR) is 70.9 cm³/mol. The molecule has 0 bridgehead atoms. The molecule has 0 aromatic carbocycles. The average molecular weight is 235 g/mol. The number of hydrogen-bond acceptors (Lipinski definition) is 2. The molecule has 1 atom stereocenters. The van der Waals surface area contributed by atoms with Gasteiger partial charge in [0.2, 0.25) is 0 Å². The van der Waals surface area contributed by atoms with E-state index in [-0.39, 0.29) is 0 Å². The van der Waals surface area contributed by atoms with Crippen LogP contribution in [0.4, 0.5) is 0 Å². The minimum Gasteiger partial charge on any atom is -0.307 e. The van der Waals surface area contributed by atoms with Crippen molar-refractivity contribution in [3.63, 3.8) is 0 Å². The number of nitrogens with zero attached hydrogens (tertiary/aromatic N) is 2. The first kappa shape index (κ1) is 12.6. The average Bonchev–Trinajstić information content (AvgIpc) is 2.61. The van der Waals surface area contributed by atoms with E-state index in [9.17, 15) is 0 Å². The van der Waals surface area contributed by atoms with E-state index in [2.05, 4.69) is 37.4 Å². The Morgan fingerprint density at radius 2 is 2.00 bits per heavy atom. The minimum absolute atomic E-state index is 0.419. The summed E-state index contributed by atoms with van der Waals surface area (Å²) in [5.74, 6) is 0.920. The highest BCUT2D eigenvalue weighted by Crippen LogP contribution is 2.26. The first-order valence-electron chi connectivity index (χ1n) is 6.82. The van der Waals surface area contributed by atoms with Crippen LogP contribution in [0.1, 0.15) is 56.8 Å². The quantitative estimate of drug-likeness (QED) is 0.873. The van der Waals surface area contributed by atoms with Crippen molar-refractivity contribution in [3.8, 4) is 0 Å². The monoisotopic (exact) mass is 235 g/mol. The molecule has 1 aliphatic rings. The van der Waals surface area contributed by atoms with Crippen molar-refractivity contribution in [2.45, 2.75) is 58.5 Å². The topological polar surface area (TPSA) is 29.9 Å². The fourth-order valence-electron chi connectivity index (χ4n) is 2.91. The molecule has 17 heavy (non-hydrogen) atoms. The van der Waals surface area contributed by atoms with Crippen molar-refractivity contribution in [1.29, 1.82) is 0 Å². The van der Waals surface area contributed by atoms with Crippen molar-refractivity contribution < 1.29 is 0 Å². The highest BCUT2D eigenvalue weighted by Gasteiger charge is 2.21. The Balaban J connectivity index is 1.93. The first-order chi connectivity index (χ1) is 8.06. The third kappa shape index (κ3) is 3.09. The molecule has 1 N–H and O–H groups in total. The van der Waals surface area contributed by atoms with Crippen LogP contribution in [-0.4, -0.2) is 15.8 Å². The van der Waals surface area contributed by atoms with Crippen LogP contribution in [0.3, 0.4) is 0 Å². The Bertz CT molecular complexity index is 362. The van der Waals surface area contributed by atoms with Crippen LogP contribution in [0.25, 0.3) is 0 Å². The summed E-state index contributed by atoms with van der Waals surface area (Å²) < 4.78 is 1.91. The summed E-state index contributed by atoms with van der Waals surface area (Å²) in [6.45, 7) is 6.71. The van der Waals surface area contributed by atoms with E-state index >= 15 is 0 Å². The molecule has 1 saturated carbocycles. The molecule has 2 rings (SSSR count). The maximum absolute atomic E-state index is 4.41. The van der Waals surface area contributed by atoms with Gasteiger partial charge in [-0.15, -0.1) is 0 Å². The van der Waals surface area contributed by atoms with E-state index in [0.29, 0.717) is 12.1 Å². The summed E-state index contributed by atoms with van der Waals surface area (Å²) in [4.78, 5) is 0. The predicted octanol–water partition coefficient (Wildman–Crippen LogP) is 2.96. The van der Waals surface area contributed by atoms with E-state index in [0.717, 1.165) is 11.6 Å². The first-order valence-corrected chi connectivity index (χ1v) is 6.82. The third-order valence-electron chi connectivity index (χ3n) is 4.02. The fourth-order valence-corrected chi connectivity index (χ4v) is 2.91. The molecular weight excluding hydrogens is 210 g/mol. The van der Waals surface area contributed by atoms with Gasteiger partial charge in [0.1, 0.15) is 0 Å². The Labute approximate surface area is 105 Å². The van der Waals surface area contributed by atoms with Gasteiger partial charge in [-0.25, -0.2) is 0 Å². The molecule has 0 amide bonds. The minimum atomic E-state index is 0.419. The Morgan fingerprint density at radius 3 is 2.53 bits per heavy atom. The molecule has 1 unspecified atom stereocenters. The highest BCUT2D eigenvalue weighted by molar-refractivity contribution is 5.19. The molecular formula is C14H25N3. The van der Waals surface area contributed by atoms with Gasteiger partial charge in [0.05, 0.1) is 5.69 Å². The second kappa shape index (κ2) is 5.21. The van der Waals surface area contributed by atoms with Crippen molar-refractivity contribution in [3.05, 3.63) is 17.5 Å². The summed E-state index contributed by atoms with van der Waals surface area (Å²) in [7, 11) is 1.99. The summed E-state index contributed by atoms with van der Waals surface area (Å²) >= 11 is 0. The lowest BCUT2D eigenvalue weighted by Crippen LogP contribution is -2.34. The summed E-state index contributed by atoms with van der Waals surface area (Å²) in [6, 6.07) is 1.11. The van der Waals surface area contributed by atoms with E-state index < -0.39 is 0 Å². The zero-order chi connectivity index (χ0) is 12.4. The number of aromatic nitrogens is 2. The van der Waals surface area contributed by atoms with Crippen LogP contribution in [-0.2, 0) is 7.05 Å². The third-order valence-corrected chi connectivity index (χ3v) is 4.02. The molecule has 0 saturated heterocycles. The zero-order valence-corrected chi connectivity index (χ0v) is 11.5. The Morgan fingerprint density at radius 1 is 1.35 bits per heavy atom. The maximum atomic E-state index is 4.41. The summed E-state index contributed by atoms with van der Waals surface area (Å²) in [6.07, 6.45) is 7.53. The number of aryl methyl sites for hydroxylation is 2. The van der Waals surface area contributed by atoms with Crippen LogP contribution in [0.15, 0.2) is 6.20 Å². The molecule has 1 aliphatic carbocycles. The molecule has 1 aromatic heterocycles. The molecule has 0 aliphatic heterocycles. The molecule has 1 heterocycles. The van der Waals surface area contributed by atoms with Crippen molar-refractivity contribution >= 4 is 0 Å². The van der Waals surface area contributed by atoms with Gasteiger partial charge in [-0.3, -0.25) is 4.68 Å². The molecule has 0 radical (unpaired) electrons. The molecule has 0 spiro atoms. The zero-order valence-electron chi connectivity index (χ0n) is 11.5. The molecule has 3 nitrogen and oxygen atoms in total. The molecule has 1 fully saturated rings. The van der Waals surface area contributed by atoms with Gasteiger partial charge in [-0.1, -0.05) is 6.92 Å². The molecule has 1 aromatic rings. The second-order valence-corrected chi connectivity index (χ2v) is 5.69. The van der Waals surface area contributed by atoms with Crippen LogP contribution < -0.4 is 5.32 Å². The van der Waals surface area contributed by atoms with E-state index in [1.54, 1.807) is 0 Å². The molecule has 96 valence electrons. The van der Waals surface area contributed by atoms with Crippen LogP contribution in [0.2, 0.25) is 0 Å². The van der Waals surface area contributed by atoms with Crippen molar-refractivity contribution in [2.24, 2.45) is 13.0 Å². The van der Waals surface area contributed by atoms with Gasteiger partial charge in [-0.05, 0) is 45.4 Å². The van der Waals surface area contributed by atoms with Gasteiger partial charge in [0.15, 0.2) is 0 Å². The largest absolute Gasteiger partial charge is 0.307 e. The highest BCUT2D eigenvalue weighted by atomic mass is 15.3. The Hall–Kier alpha value is -0.830. The van der Waals surface area contributed by atoms with Crippen molar-refractivity contribution in [2.75, 3.05) is 0 Å². The lowest BCUT2D eigenvalue weighted by molar-refractivity contribution is 0.291. The van der Waals surface area contributed by atoms with E-state index in [1.165, 1.54) is 31.2 Å². The number of rotatable bonds is 3. The fraction of sp³-hybridized carbons (Fsp3) is 0.786. The second-order valence-electron chi connectivity index (χ2n) is 5.69. The van der Waals surface area contributed by atoms with Gasteiger partial charge in [0, 0.05) is 30.9 Å². The van der Waals surface area contributed by atoms with E-state index in [1.807, 2.05) is 11.7 Å². The van der Waals surface area contributed by atoms with E-state index in [4.69, 9.17) is 0 Å². The smallest absolute Gasteiger partial charge is 0.0641 e. The van der Waals surface area contributed by atoms with Crippen LogP contribution in [0, 0.1) is 12.8 Å². The number of nitrogens with one attached hydrogen (secondary N) is 1. The van der Waals surface area contributed by atoms with Crippen molar-refractivity contribution in [1.82, 2.24) is 15.1 Å². The van der Waals surface area contributed by atoms with Gasteiger partial charge in [-0.2, -0.15) is 5.10 Å². The van der Waals surface area contributed by atoms with Gasteiger partial charge < -0.3 is 5.32 Å². The van der Waals surface area contributed by atoms with Crippen LogP contribution in [0.5, 0.6) is 0 Å². The number of hydrogen-bond donors (Lipinski definition) is 1. The summed E-state index contributed by atoms with van der Waals surface area (Å²) in [5, 5.41) is 8.17.